The number of H-pyrrole nitrogens is 1. The number of rotatable bonds is 3. The van der Waals surface area contributed by atoms with Gasteiger partial charge in [0.15, 0.2) is 5.69 Å². The molecule has 0 saturated carbocycles. The zero-order chi connectivity index (χ0) is 18.3. The number of carbonyl (C=O) groups is 1. The summed E-state index contributed by atoms with van der Waals surface area (Å²) in [6.45, 7) is 2.26. The number of fused-ring (bicyclic) bond motifs is 3. The van der Waals surface area contributed by atoms with Crippen LogP contribution >= 0.6 is 23.2 Å². The number of aromatic nitrogens is 2. The highest BCUT2D eigenvalue weighted by molar-refractivity contribution is 6.34. The van der Waals surface area contributed by atoms with E-state index in [1.807, 2.05) is 30.3 Å². The quantitative estimate of drug-likeness (QED) is 0.632. The van der Waals surface area contributed by atoms with Crippen molar-refractivity contribution in [3.8, 4) is 28.1 Å². The summed E-state index contributed by atoms with van der Waals surface area (Å²) in [5.41, 5.74) is 4.23. The molecular weight excluding hydrogens is 375 g/mol. The van der Waals surface area contributed by atoms with E-state index < -0.39 is 5.97 Å². The molecule has 1 N–H and O–H groups in total. The Balaban J connectivity index is 1.82. The maximum atomic E-state index is 12.1. The Morgan fingerprint density at radius 3 is 2.73 bits per heavy atom. The highest BCUT2D eigenvalue weighted by Crippen LogP contribution is 2.43. The molecule has 5 nitrogen and oxygen atoms in total. The van der Waals surface area contributed by atoms with Crippen LogP contribution in [-0.2, 0) is 11.3 Å². The summed E-state index contributed by atoms with van der Waals surface area (Å²) in [6, 6.07) is 11.1. The number of hydrogen-bond donors (Lipinski definition) is 1. The predicted molar refractivity (Wildman–Crippen MR) is 99.8 cm³/mol. The van der Waals surface area contributed by atoms with Crippen LogP contribution in [0.15, 0.2) is 36.4 Å². The molecule has 4 rings (SSSR count). The smallest absolute Gasteiger partial charge is 0.359 e. The third-order valence-electron chi connectivity index (χ3n) is 4.20. The first-order valence-electron chi connectivity index (χ1n) is 8.05. The molecule has 132 valence electrons. The van der Waals surface area contributed by atoms with Crippen molar-refractivity contribution in [2.75, 3.05) is 6.61 Å². The average molecular weight is 389 g/mol. The van der Waals surface area contributed by atoms with Crippen LogP contribution in [0.25, 0.3) is 22.4 Å². The van der Waals surface area contributed by atoms with Crippen LogP contribution in [0.3, 0.4) is 0 Å². The highest BCUT2D eigenvalue weighted by Gasteiger charge is 2.28. The molecule has 0 saturated heterocycles. The summed E-state index contributed by atoms with van der Waals surface area (Å²) < 4.78 is 10.8. The molecule has 2 aromatic carbocycles. The summed E-state index contributed by atoms with van der Waals surface area (Å²) in [7, 11) is 0. The Bertz CT molecular complexity index is 997. The zero-order valence-electron chi connectivity index (χ0n) is 13.8. The highest BCUT2D eigenvalue weighted by atomic mass is 35.5. The lowest BCUT2D eigenvalue weighted by Crippen LogP contribution is -2.12. The molecule has 26 heavy (non-hydrogen) atoms. The third-order valence-corrected chi connectivity index (χ3v) is 4.77. The zero-order valence-corrected chi connectivity index (χ0v) is 15.3. The molecule has 0 atom stereocenters. The molecular formula is C19H14Cl2N2O3. The van der Waals surface area contributed by atoms with E-state index in [2.05, 4.69) is 10.2 Å². The minimum Gasteiger partial charge on any atom is -0.488 e. The van der Waals surface area contributed by atoms with E-state index in [-0.39, 0.29) is 18.9 Å². The van der Waals surface area contributed by atoms with E-state index in [9.17, 15) is 4.79 Å². The van der Waals surface area contributed by atoms with Crippen molar-refractivity contribution in [1.29, 1.82) is 0 Å². The maximum Gasteiger partial charge on any atom is 0.359 e. The van der Waals surface area contributed by atoms with Gasteiger partial charge in [0.2, 0.25) is 0 Å². The van der Waals surface area contributed by atoms with Crippen LogP contribution < -0.4 is 4.74 Å². The SMILES string of the molecule is CCOC(=O)c1n[nH]c2c1COc1cc(Cl)c(-c3ccc(Cl)cc3)cc1-2. The van der Waals surface area contributed by atoms with E-state index in [0.717, 1.165) is 22.4 Å². The fourth-order valence-corrected chi connectivity index (χ4v) is 3.36. The van der Waals surface area contributed by atoms with Gasteiger partial charge in [0, 0.05) is 22.2 Å². The second-order valence-electron chi connectivity index (χ2n) is 5.77. The van der Waals surface area contributed by atoms with Gasteiger partial charge in [0.25, 0.3) is 0 Å². The number of halogens is 2. The number of hydrogen-bond acceptors (Lipinski definition) is 4. The van der Waals surface area contributed by atoms with Gasteiger partial charge in [-0.3, -0.25) is 5.10 Å². The van der Waals surface area contributed by atoms with E-state index in [0.29, 0.717) is 21.4 Å². The molecule has 0 spiro atoms. The van der Waals surface area contributed by atoms with E-state index in [4.69, 9.17) is 32.7 Å². The standard InChI is InChI=1S/C19H14Cl2N2O3/c1-2-25-19(24)18-14-9-26-16-8-15(21)12(7-13(16)17(14)22-23-18)10-3-5-11(20)6-4-10/h3-8H,2,9H2,1H3,(H,22,23). The summed E-state index contributed by atoms with van der Waals surface area (Å²) in [5, 5.41) is 8.28. The fourth-order valence-electron chi connectivity index (χ4n) is 2.97. The lowest BCUT2D eigenvalue weighted by molar-refractivity contribution is 0.0516. The van der Waals surface area contributed by atoms with Crippen molar-refractivity contribution in [2.45, 2.75) is 13.5 Å². The molecule has 0 unspecified atom stereocenters. The third kappa shape index (κ3) is 2.83. The number of benzene rings is 2. The number of esters is 1. The minimum atomic E-state index is -0.469. The molecule has 0 aliphatic carbocycles. The van der Waals surface area contributed by atoms with Gasteiger partial charge in [-0.1, -0.05) is 35.3 Å². The summed E-state index contributed by atoms with van der Waals surface area (Å²) in [4.78, 5) is 12.1. The first-order chi connectivity index (χ1) is 12.6. The van der Waals surface area contributed by atoms with E-state index in [1.54, 1.807) is 13.0 Å². The maximum absolute atomic E-state index is 12.1. The molecule has 0 amide bonds. The number of aromatic amines is 1. The van der Waals surface area contributed by atoms with Crippen molar-refractivity contribution in [2.24, 2.45) is 0 Å². The number of nitrogens with zero attached hydrogens (tertiary/aromatic N) is 1. The second kappa shape index (κ2) is 6.67. The van der Waals surface area contributed by atoms with Crippen LogP contribution in [-0.4, -0.2) is 22.8 Å². The average Bonchev–Trinajstić information content (AvgIpc) is 3.06. The Kier molecular flexibility index (Phi) is 4.34. The first kappa shape index (κ1) is 16.9. The molecule has 7 heteroatoms. The lowest BCUT2D eigenvalue weighted by atomic mass is 9.97. The van der Waals surface area contributed by atoms with Crippen molar-refractivity contribution in [3.05, 3.63) is 57.7 Å². The Hall–Kier alpha value is -2.50. The van der Waals surface area contributed by atoms with Crippen LogP contribution in [0.2, 0.25) is 10.0 Å². The molecule has 0 fully saturated rings. The monoisotopic (exact) mass is 388 g/mol. The fraction of sp³-hybridized carbons (Fsp3) is 0.158. The van der Waals surface area contributed by atoms with E-state index in [1.165, 1.54) is 0 Å². The Morgan fingerprint density at radius 2 is 2.00 bits per heavy atom. The Labute approximate surface area is 159 Å². The van der Waals surface area contributed by atoms with Gasteiger partial charge in [-0.05, 0) is 30.7 Å². The number of ether oxygens (including phenoxy) is 2. The van der Waals surface area contributed by atoms with Crippen LogP contribution in [0, 0.1) is 0 Å². The Morgan fingerprint density at radius 1 is 1.23 bits per heavy atom. The molecule has 2 heterocycles. The van der Waals surface area contributed by atoms with Gasteiger partial charge in [-0.25, -0.2) is 4.79 Å². The summed E-state index contributed by atoms with van der Waals surface area (Å²) in [5.74, 6) is 0.170. The van der Waals surface area contributed by atoms with E-state index >= 15 is 0 Å². The van der Waals surface area contributed by atoms with Crippen molar-refractivity contribution in [3.63, 3.8) is 0 Å². The van der Waals surface area contributed by atoms with Crippen molar-refractivity contribution >= 4 is 29.2 Å². The largest absolute Gasteiger partial charge is 0.488 e. The molecule has 3 aromatic rings. The van der Waals surface area contributed by atoms with Crippen molar-refractivity contribution in [1.82, 2.24) is 10.2 Å². The lowest BCUT2D eigenvalue weighted by Gasteiger charge is -2.19. The van der Waals surface area contributed by atoms with Gasteiger partial charge in [-0.15, -0.1) is 0 Å². The van der Waals surface area contributed by atoms with Crippen LogP contribution in [0.1, 0.15) is 23.0 Å². The number of carbonyl (C=O) groups excluding carboxylic acids is 1. The predicted octanol–water partition coefficient (Wildman–Crippen LogP) is 5.12. The van der Waals surface area contributed by atoms with Crippen molar-refractivity contribution < 1.29 is 14.3 Å². The van der Waals surface area contributed by atoms with Gasteiger partial charge >= 0.3 is 5.97 Å². The van der Waals surface area contributed by atoms with Gasteiger partial charge < -0.3 is 9.47 Å². The number of nitrogens with one attached hydrogen (secondary N) is 1. The molecule has 1 aliphatic rings. The molecule has 0 radical (unpaired) electrons. The molecule has 0 bridgehead atoms. The van der Waals surface area contributed by atoms with Gasteiger partial charge in [-0.2, -0.15) is 5.10 Å². The summed E-state index contributed by atoms with van der Waals surface area (Å²) >= 11 is 12.4. The minimum absolute atomic E-state index is 0.226. The summed E-state index contributed by atoms with van der Waals surface area (Å²) in [6.07, 6.45) is 0. The van der Waals surface area contributed by atoms with Crippen LogP contribution in [0.4, 0.5) is 0 Å². The topological polar surface area (TPSA) is 64.2 Å². The normalized spacial score (nSPS) is 12.1. The van der Waals surface area contributed by atoms with Gasteiger partial charge in [0.05, 0.1) is 22.9 Å². The second-order valence-corrected chi connectivity index (χ2v) is 6.61. The van der Waals surface area contributed by atoms with Gasteiger partial charge in [0.1, 0.15) is 12.4 Å². The van der Waals surface area contributed by atoms with Crippen LogP contribution in [0.5, 0.6) is 5.75 Å². The first-order valence-corrected chi connectivity index (χ1v) is 8.81. The molecule has 1 aromatic heterocycles. The molecule has 1 aliphatic heterocycles.